The number of thioether (sulfide) groups is 1. The number of para-hydroxylation sites is 1. The highest BCUT2D eigenvalue weighted by molar-refractivity contribution is 8.00. The highest BCUT2D eigenvalue weighted by atomic mass is 32.2. The largest absolute Gasteiger partial charge is 0.325 e. The van der Waals surface area contributed by atoms with E-state index in [1.807, 2.05) is 98.8 Å². The van der Waals surface area contributed by atoms with E-state index in [1.54, 1.807) is 10.6 Å². The molecule has 6 heteroatoms. The van der Waals surface area contributed by atoms with Gasteiger partial charge in [0.2, 0.25) is 5.91 Å². The zero-order chi connectivity index (χ0) is 26.6. The fraction of sp³-hybridized carbons (Fsp3) is 0.156. The Morgan fingerprint density at radius 2 is 1.55 bits per heavy atom. The van der Waals surface area contributed by atoms with E-state index >= 15 is 0 Å². The first-order valence-electron chi connectivity index (χ1n) is 12.6. The van der Waals surface area contributed by atoms with Crippen molar-refractivity contribution in [2.75, 3.05) is 5.32 Å². The number of nitrogens with one attached hydrogen (secondary N) is 1. The monoisotopic (exact) mass is 519 g/mol. The van der Waals surface area contributed by atoms with Crippen LogP contribution >= 0.6 is 11.8 Å². The van der Waals surface area contributed by atoms with Gasteiger partial charge in [-0.1, -0.05) is 79.3 Å². The Labute approximate surface area is 226 Å². The number of nitrogens with zero attached hydrogens (tertiary/aromatic N) is 2. The molecule has 1 amide bonds. The first-order chi connectivity index (χ1) is 18.4. The number of carbonyl (C=O) groups is 1. The Bertz CT molecular complexity index is 1640. The molecule has 0 saturated carbocycles. The maximum atomic E-state index is 13.8. The molecule has 0 saturated heterocycles. The van der Waals surface area contributed by atoms with E-state index in [1.165, 1.54) is 17.3 Å². The van der Waals surface area contributed by atoms with E-state index in [0.29, 0.717) is 16.1 Å². The maximum absolute atomic E-state index is 13.8. The smallest absolute Gasteiger partial charge is 0.266 e. The molecule has 0 spiro atoms. The van der Waals surface area contributed by atoms with E-state index in [9.17, 15) is 9.59 Å². The minimum absolute atomic E-state index is 0.163. The van der Waals surface area contributed by atoms with Crippen molar-refractivity contribution < 1.29 is 4.79 Å². The van der Waals surface area contributed by atoms with Crippen molar-refractivity contribution >= 4 is 34.3 Å². The van der Waals surface area contributed by atoms with E-state index in [-0.39, 0.29) is 11.5 Å². The molecule has 1 aromatic heterocycles. The van der Waals surface area contributed by atoms with Crippen LogP contribution in [-0.2, 0) is 11.2 Å². The molecule has 0 aliphatic heterocycles. The van der Waals surface area contributed by atoms with Crippen LogP contribution in [0.3, 0.4) is 0 Å². The topological polar surface area (TPSA) is 64.0 Å². The molecule has 1 heterocycles. The predicted molar refractivity (Wildman–Crippen MR) is 156 cm³/mol. The van der Waals surface area contributed by atoms with E-state index < -0.39 is 5.25 Å². The summed E-state index contributed by atoms with van der Waals surface area (Å²) < 4.78 is 1.62. The van der Waals surface area contributed by atoms with Crippen molar-refractivity contribution in [3.8, 4) is 5.69 Å². The maximum Gasteiger partial charge on any atom is 0.266 e. The molecule has 1 N–H and O–H groups in total. The average molecular weight is 520 g/mol. The minimum Gasteiger partial charge on any atom is -0.325 e. The summed E-state index contributed by atoms with van der Waals surface area (Å²) in [5.74, 6) is -0.179. The SMILES string of the molecule is CCc1ccc(-n2c(SC(C(=O)Nc3cc(C)cc(C)c3)c3ccccc3)nc3ccccc3c2=O)cc1. The molecule has 0 bridgehead atoms. The Morgan fingerprint density at radius 1 is 0.895 bits per heavy atom. The lowest BCUT2D eigenvalue weighted by Crippen LogP contribution is -2.24. The summed E-state index contributed by atoms with van der Waals surface area (Å²) in [5.41, 5.74) is 6.05. The number of aromatic nitrogens is 2. The van der Waals surface area contributed by atoms with Gasteiger partial charge in [0.15, 0.2) is 5.16 Å². The van der Waals surface area contributed by atoms with Crippen molar-refractivity contribution in [1.82, 2.24) is 9.55 Å². The van der Waals surface area contributed by atoms with Gasteiger partial charge in [0, 0.05) is 5.69 Å². The van der Waals surface area contributed by atoms with E-state index in [4.69, 9.17) is 4.98 Å². The van der Waals surface area contributed by atoms with Gasteiger partial charge in [-0.15, -0.1) is 0 Å². The molecule has 4 aromatic carbocycles. The lowest BCUT2D eigenvalue weighted by atomic mass is 10.1. The van der Waals surface area contributed by atoms with Crippen molar-refractivity contribution in [3.63, 3.8) is 0 Å². The van der Waals surface area contributed by atoms with Gasteiger partial charge in [-0.2, -0.15) is 0 Å². The number of carbonyl (C=O) groups excluding carboxylic acids is 1. The van der Waals surface area contributed by atoms with Crippen molar-refractivity contribution in [2.45, 2.75) is 37.6 Å². The highest BCUT2D eigenvalue weighted by Gasteiger charge is 2.26. The van der Waals surface area contributed by atoms with Crippen LogP contribution in [0.1, 0.15) is 34.4 Å². The van der Waals surface area contributed by atoms with Crippen LogP contribution in [0.2, 0.25) is 0 Å². The number of rotatable bonds is 7. The predicted octanol–water partition coefficient (Wildman–Crippen LogP) is 7.04. The lowest BCUT2D eigenvalue weighted by Gasteiger charge is -2.20. The van der Waals surface area contributed by atoms with Gasteiger partial charge in [-0.05, 0) is 78.9 Å². The molecule has 5 nitrogen and oxygen atoms in total. The van der Waals surface area contributed by atoms with Crippen LogP contribution in [-0.4, -0.2) is 15.5 Å². The first-order valence-corrected chi connectivity index (χ1v) is 13.5. The Morgan fingerprint density at radius 3 is 2.24 bits per heavy atom. The molecule has 0 fully saturated rings. The van der Waals surface area contributed by atoms with Crippen LogP contribution in [0.25, 0.3) is 16.6 Å². The quantitative estimate of drug-likeness (QED) is 0.185. The number of hydrogen-bond donors (Lipinski definition) is 1. The lowest BCUT2D eigenvalue weighted by molar-refractivity contribution is -0.115. The zero-order valence-electron chi connectivity index (χ0n) is 21.6. The number of anilines is 1. The molecule has 0 radical (unpaired) electrons. The summed E-state index contributed by atoms with van der Waals surface area (Å²) in [5, 5.41) is 3.46. The summed E-state index contributed by atoms with van der Waals surface area (Å²) in [6.45, 7) is 6.11. The Balaban J connectivity index is 1.62. The van der Waals surface area contributed by atoms with Crippen LogP contribution in [0.4, 0.5) is 5.69 Å². The van der Waals surface area contributed by atoms with Crippen LogP contribution in [0.15, 0.2) is 107 Å². The Hall–Kier alpha value is -4.16. The molecule has 0 aliphatic carbocycles. The highest BCUT2D eigenvalue weighted by Crippen LogP contribution is 2.36. The third-order valence-corrected chi connectivity index (χ3v) is 7.61. The second-order valence-corrected chi connectivity index (χ2v) is 10.4. The van der Waals surface area contributed by atoms with Gasteiger partial charge >= 0.3 is 0 Å². The molecule has 5 aromatic rings. The van der Waals surface area contributed by atoms with Crippen LogP contribution < -0.4 is 10.9 Å². The fourth-order valence-electron chi connectivity index (χ4n) is 4.56. The van der Waals surface area contributed by atoms with Crippen molar-refractivity contribution in [3.05, 3.63) is 130 Å². The van der Waals surface area contributed by atoms with Crippen LogP contribution in [0.5, 0.6) is 0 Å². The minimum atomic E-state index is -0.633. The molecule has 190 valence electrons. The van der Waals surface area contributed by atoms with Gasteiger partial charge in [0.05, 0.1) is 16.6 Å². The van der Waals surface area contributed by atoms with E-state index in [2.05, 4.69) is 18.3 Å². The second-order valence-electron chi connectivity index (χ2n) is 9.35. The summed E-state index contributed by atoms with van der Waals surface area (Å²) in [7, 11) is 0. The van der Waals surface area contributed by atoms with Gasteiger partial charge in [-0.25, -0.2) is 4.98 Å². The average Bonchev–Trinajstić information content (AvgIpc) is 2.92. The molecule has 5 rings (SSSR count). The molecular weight excluding hydrogens is 490 g/mol. The molecule has 0 aliphatic rings. The number of benzene rings is 4. The van der Waals surface area contributed by atoms with Crippen molar-refractivity contribution in [1.29, 1.82) is 0 Å². The van der Waals surface area contributed by atoms with Gasteiger partial charge in [0.1, 0.15) is 5.25 Å². The normalized spacial score (nSPS) is 11.9. The number of fused-ring (bicyclic) bond motifs is 1. The fourth-order valence-corrected chi connectivity index (χ4v) is 5.68. The summed E-state index contributed by atoms with van der Waals surface area (Å²) in [4.78, 5) is 32.4. The summed E-state index contributed by atoms with van der Waals surface area (Å²) in [6.07, 6.45) is 0.904. The van der Waals surface area contributed by atoms with Gasteiger partial charge in [-0.3, -0.25) is 14.2 Å². The first kappa shape index (κ1) is 25.5. The standard InChI is InChI=1S/C32H29N3O2S/c1-4-23-14-16-26(17-15-23)35-31(37)27-12-8-9-13-28(27)34-32(35)38-29(24-10-6-5-7-11-24)30(36)33-25-19-21(2)18-22(3)20-25/h5-20,29H,4H2,1-3H3,(H,33,36). The number of amides is 1. The third-order valence-electron chi connectivity index (χ3n) is 6.40. The molecule has 1 atom stereocenters. The Kier molecular flexibility index (Phi) is 7.43. The molecule has 38 heavy (non-hydrogen) atoms. The van der Waals surface area contributed by atoms with E-state index in [0.717, 1.165) is 34.5 Å². The van der Waals surface area contributed by atoms with Gasteiger partial charge < -0.3 is 5.32 Å². The molecular formula is C32H29N3O2S. The zero-order valence-corrected chi connectivity index (χ0v) is 22.5. The van der Waals surface area contributed by atoms with Crippen molar-refractivity contribution in [2.24, 2.45) is 0 Å². The summed E-state index contributed by atoms with van der Waals surface area (Å²) in [6, 6.07) is 30.8. The third kappa shape index (κ3) is 5.41. The number of aryl methyl sites for hydroxylation is 3. The number of hydrogen-bond acceptors (Lipinski definition) is 4. The molecule has 1 unspecified atom stereocenters. The summed E-state index contributed by atoms with van der Waals surface area (Å²) >= 11 is 1.28. The van der Waals surface area contributed by atoms with Crippen LogP contribution in [0, 0.1) is 13.8 Å². The second kappa shape index (κ2) is 11.1. The van der Waals surface area contributed by atoms with Gasteiger partial charge in [0.25, 0.3) is 5.56 Å².